The van der Waals surface area contributed by atoms with Gasteiger partial charge in [0.2, 0.25) is 0 Å². The van der Waals surface area contributed by atoms with E-state index in [1.807, 2.05) is 13.8 Å². The molecule has 1 aromatic carbocycles. The van der Waals surface area contributed by atoms with Crippen molar-refractivity contribution in [2.75, 3.05) is 19.5 Å². The highest BCUT2D eigenvalue weighted by Gasteiger charge is 2.12. The molecule has 1 rings (SSSR count). The first kappa shape index (κ1) is 16.8. The summed E-state index contributed by atoms with van der Waals surface area (Å²) in [6.07, 6.45) is 1.75. The van der Waals surface area contributed by atoms with E-state index in [4.69, 9.17) is 10.5 Å². The van der Waals surface area contributed by atoms with Gasteiger partial charge in [-0.05, 0) is 31.0 Å². The molecular formula is C15H22N2O4. The predicted molar refractivity (Wildman–Crippen MR) is 80.2 cm³/mol. The number of nitrogen functional groups attached to an aromatic ring is 1. The normalized spacial score (nSPS) is 10.3. The molecule has 0 unspecified atom stereocenters. The van der Waals surface area contributed by atoms with Gasteiger partial charge in [-0.15, -0.1) is 0 Å². The van der Waals surface area contributed by atoms with E-state index in [0.717, 1.165) is 12.8 Å². The van der Waals surface area contributed by atoms with Crippen LogP contribution in [-0.4, -0.2) is 31.6 Å². The summed E-state index contributed by atoms with van der Waals surface area (Å²) in [4.78, 5) is 23.1. The summed E-state index contributed by atoms with van der Waals surface area (Å²) in [5.74, 6) is -0.303. The average molecular weight is 294 g/mol. The van der Waals surface area contributed by atoms with Gasteiger partial charge in [-0.3, -0.25) is 4.79 Å². The number of nitrogens with one attached hydrogen (secondary N) is 1. The summed E-state index contributed by atoms with van der Waals surface area (Å²) in [6, 6.07) is 4.70. The number of ether oxygens (including phenoxy) is 2. The number of carbonyl (C=O) groups is 2. The summed E-state index contributed by atoms with van der Waals surface area (Å²) in [5, 5.41) is 2.87. The predicted octanol–water partition coefficient (Wildman–Crippen LogP) is 1.74. The van der Waals surface area contributed by atoms with Crippen LogP contribution in [-0.2, 0) is 9.53 Å². The first-order chi connectivity index (χ1) is 10.0. The molecule has 0 heterocycles. The molecule has 6 heteroatoms. The fraction of sp³-hybridized carbons (Fsp3) is 0.467. The zero-order valence-corrected chi connectivity index (χ0v) is 12.6. The number of amides is 1. The van der Waals surface area contributed by atoms with E-state index < -0.39 is 5.97 Å². The third kappa shape index (κ3) is 4.98. The van der Waals surface area contributed by atoms with E-state index in [-0.39, 0.29) is 24.2 Å². The number of hydrogen-bond acceptors (Lipinski definition) is 5. The maximum absolute atomic E-state index is 11.7. The topological polar surface area (TPSA) is 90.6 Å². The molecule has 0 saturated heterocycles. The van der Waals surface area contributed by atoms with Gasteiger partial charge in [0.25, 0.3) is 5.91 Å². The summed E-state index contributed by atoms with van der Waals surface area (Å²) in [6.45, 7) is 3.91. The lowest BCUT2D eigenvalue weighted by Crippen LogP contribution is -2.37. The largest absolute Gasteiger partial charge is 0.482 e. The molecular weight excluding hydrogens is 272 g/mol. The van der Waals surface area contributed by atoms with Crippen molar-refractivity contribution in [2.45, 2.75) is 32.7 Å². The molecule has 0 aliphatic heterocycles. The minimum Gasteiger partial charge on any atom is -0.482 e. The van der Waals surface area contributed by atoms with Crippen LogP contribution in [0.1, 0.15) is 37.0 Å². The van der Waals surface area contributed by atoms with Gasteiger partial charge in [0, 0.05) is 6.04 Å². The van der Waals surface area contributed by atoms with Crippen molar-refractivity contribution in [1.82, 2.24) is 5.32 Å². The van der Waals surface area contributed by atoms with Crippen molar-refractivity contribution >= 4 is 17.6 Å². The summed E-state index contributed by atoms with van der Waals surface area (Å²) in [7, 11) is 1.30. The van der Waals surface area contributed by atoms with Crippen LogP contribution in [0.5, 0.6) is 5.75 Å². The second-order valence-corrected chi connectivity index (χ2v) is 4.61. The van der Waals surface area contributed by atoms with E-state index in [1.165, 1.54) is 19.2 Å². The lowest BCUT2D eigenvalue weighted by Gasteiger charge is -2.15. The summed E-state index contributed by atoms with van der Waals surface area (Å²) < 4.78 is 9.97. The number of rotatable bonds is 7. The molecule has 0 aliphatic carbocycles. The monoisotopic (exact) mass is 294 g/mol. The Balaban J connectivity index is 2.60. The summed E-state index contributed by atoms with van der Waals surface area (Å²) in [5.41, 5.74) is 6.41. The maximum Gasteiger partial charge on any atom is 0.337 e. The molecule has 0 spiro atoms. The van der Waals surface area contributed by atoms with Gasteiger partial charge in [0.05, 0.1) is 18.4 Å². The van der Waals surface area contributed by atoms with Crippen LogP contribution in [0.3, 0.4) is 0 Å². The van der Waals surface area contributed by atoms with Crippen LogP contribution in [0.2, 0.25) is 0 Å². The van der Waals surface area contributed by atoms with Crippen LogP contribution in [0.15, 0.2) is 18.2 Å². The van der Waals surface area contributed by atoms with Gasteiger partial charge in [-0.25, -0.2) is 4.79 Å². The minimum absolute atomic E-state index is 0.113. The van der Waals surface area contributed by atoms with Gasteiger partial charge in [0.15, 0.2) is 6.61 Å². The van der Waals surface area contributed by atoms with Crippen molar-refractivity contribution in [2.24, 2.45) is 0 Å². The number of benzene rings is 1. The molecule has 0 atom stereocenters. The zero-order chi connectivity index (χ0) is 15.8. The number of carbonyl (C=O) groups excluding carboxylic acids is 2. The van der Waals surface area contributed by atoms with Crippen molar-refractivity contribution < 1.29 is 19.1 Å². The van der Waals surface area contributed by atoms with E-state index >= 15 is 0 Å². The van der Waals surface area contributed by atoms with Crippen molar-refractivity contribution in [1.29, 1.82) is 0 Å². The molecule has 3 N–H and O–H groups in total. The molecule has 0 fully saturated rings. The van der Waals surface area contributed by atoms with E-state index in [1.54, 1.807) is 6.07 Å². The Hall–Kier alpha value is -2.24. The SMILES string of the molecule is CCC(CC)NC(=O)COc1ccc(C(=O)OC)cc1N. The number of anilines is 1. The van der Waals surface area contributed by atoms with Gasteiger partial charge in [0.1, 0.15) is 5.75 Å². The number of esters is 1. The first-order valence-electron chi connectivity index (χ1n) is 6.91. The Morgan fingerprint density at radius 3 is 2.48 bits per heavy atom. The van der Waals surface area contributed by atoms with E-state index in [9.17, 15) is 9.59 Å². The fourth-order valence-electron chi connectivity index (χ4n) is 1.83. The molecule has 0 aromatic heterocycles. The molecule has 0 aliphatic rings. The van der Waals surface area contributed by atoms with Crippen LogP contribution in [0.25, 0.3) is 0 Å². The van der Waals surface area contributed by atoms with Gasteiger partial charge < -0.3 is 20.5 Å². The highest BCUT2D eigenvalue weighted by atomic mass is 16.5. The Morgan fingerprint density at radius 1 is 1.29 bits per heavy atom. The van der Waals surface area contributed by atoms with Crippen molar-refractivity contribution in [3.8, 4) is 5.75 Å². The van der Waals surface area contributed by atoms with Gasteiger partial charge in [-0.1, -0.05) is 13.8 Å². The zero-order valence-electron chi connectivity index (χ0n) is 12.6. The number of methoxy groups -OCH3 is 1. The highest BCUT2D eigenvalue weighted by Crippen LogP contribution is 2.22. The number of nitrogens with two attached hydrogens (primary N) is 1. The fourth-order valence-corrected chi connectivity index (χ4v) is 1.83. The lowest BCUT2D eigenvalue weighted by molar-refractivity contribution is -0.123. The van der Waals surface area contributed by atoms with E-state index in [0.29, 0.717) is 11.3 Å². The smallest absolute Gasteiger partial charge is 0.337 e. The van der Waals surface area contributed by atoms with Crippen LogP contribution in [0.4, 0.5) is 5.69 Å². The Labute approximate surface area is 124 Å². The quantitative estimate of drug-likeness (QED) is 0.590. The maximum atomic E-state index is 11.7. The number of hydrogen-bond donors (Lipinski definition) is 2. The molecule has 6 nitrogen and oxygen atoms in total. The standard InChI is InChI=1S/C15H22N2O4/c1-4-11(5-2)17-14(18)9-21-13-7-6-10(8-12(13)16)15(19)20-3/h6-8,11H,4-5,9,16H2,1-3H3,(H,17,18). The van der Waals surface area contributed by atoms with Crippen LogP contribution >= 0.6 is 0 Å². The Bertz CT molecular complexity index is 498. The Morgan fingerprint density at radius 2 is 1.95 bits per heavy atom. The molecule has 0 bridgehead atoms. The lowest BCUT2D eigenvalue weighted by atomic mass is 10.2. The van der Waals surface area contributed by atoms with Crippen LogP contribution in [0, 0.1) is 0 Å². The second kappa shape index (κ2) is 8.14. The molecule has 0 saturated carbocycles. The average Bonchev–Trinajstić information content (AvgIpc) is 2.50. The van der Waals surface area contributed by atoms with Crippen LogP contribution < -0.4 is 15.8 Å². The third-order valence-corrected chi connectivity index (χ3v) is 3.14. The van der Waals surface area contributed by atoms with Gasteiger partial charge in [-0.2, -0.15) is 0 Å². The highest BCUT2D eigenvalue weighted by molar-refractivity contribution is 5.91. The molecule has 21 heavy (non-hydrogen) atoms. The molecule has 1 aromatic rings. The Kier molecular flexibility index (Phi) is 6.52. The molecule has 0 radical (unpaired) electrons. The van der Waals surface area contributed by atoms with Gasteiger partial charge >= 0.3 is 5.97 Å². The van der Waals surface area contributed by atoms with E-state index in [2.05, 4.69) is 10.1 Å². The first-order valence-corrected chi connectivity index (χ1v) is 6.91. The molecule has 116 valence electrons. The summed E-state index contributed by atoms with van der Waals surface area (Å²) >= 11 is 0. The minimum atomic E-state index is -0.472. The van der Waals surface area contributed by atoms with Crippen molar-refractivity contribution in [3.05, 3.63) is 23.8 Å². The third-order valence-electron chi connectivity index (χ3n) is 3.14. The second-order valence-electron chi connectivity index (χ2n) is 4.61. The molecule has 1 amide bonds. The van der Waals surface area contributed by atoms with Crippen molar-refractivity contribution in [3.63, 3.8) is 0 Å².